The van der Waals surface area contributed by atoms with Crippen LogP contribution >= 0.6 is 15.9 Å². The number of halogens is 1. The second-order valence-electron chi connectivity index (χ2n) is 6.63. The Morgan fingerprint density at radius 3 is 2.65 bits per heavy atom. The summed E-state index contributed by atoms with van der Waals surface area (Å²) in [4.78, 5) is 0. The molecule has 3 saturated carbocycles. The number of ether oxygens (including phenoxy) is 1. The second-order valence-corrected chi connectivity index (χ2v) is 7.54. The van der Waals surface area contributed by atoms with Gasteiger partial charge in [-0.15, -0.1) is 0 Å². The quantitative estimate of drug-likeness (QED) is 0.893. The summed E-state index contributed by atoms with van der Waals surface area (Å²) >= 11 is 3.52. The molecule has 1 aromatic carbocycles. The molecule has 0 spiro atoms. The molecule has 1 N–H and O–H groups in total. The van der Waals surface area contributed by atoms with E-state index in [9.17, 15) is 5.11 Å². The van der Waals surface area contributed by atoms with E-state index in [1.807, 2.05) is 25.1 Å². The highest BCUT2D eigenvalue weighted by Gasteiger charge is 2.66. The molecule has 5 atom stereocenters. The Balaban J connectivity index is 1.60. The molecule has 0 aliphatic heterocycles. The Kier molecular flexibility index (Phi) is 3.11. The van der Waals surface area contributed by atoms with Crippen molar-refractivity contribution in [2.24, 2.45) is 29.6 Å². The van der Waals surface area contributed by atoms with Gasteiger partial charge in [0.05, 0.1) is 12.7 Å². The van der Waals surface area contributed by atoms with Crippen LogP contribution < -0.4 is 4.74 Å². The molecule has 3 aliphatic carbocycles. The van der Waals surface area contributed by atoms with Gasteiger partial charge in [-0.1, -0.05) is 15.9 Å². The van der Waals surface area contributed by atoms with Gasteiger partial charge in [0.2, 0.25) is 0 Å². The number of aliphatic hydroxyl groups excluding tert-OH is 1. The van der Waals surface area contributed by atoms with Crippen molar-refractivity contribution in [2.75, 3.05) is 6.61 Å². The monoisotopic (exact) mass is 336 g/mol. The molecule has 3 aliphatic rings. The Hall–Kier alpha value is -0.540. The molecule has 20 heavy (non-hydrogen) atoms. The van der Waals surface area contributed by atoms with Crippen LogP contribution in [0.25, 0.3) is 0 Å². The molecule has 0 aromatic heterocycles. The van der Waals surface area contributed by atoms with Crippen molar-refractivity contribution in [1.82, 2.24) is 0 Å². The molecule has 0 amide bonds. The first-order valence-corrected chi connectivity index (χ1v) is 8.60. The minimum absolute atomic E-state index is 0.354. The van der Waals surface area contributed by atoms with Crippen molar-refractivity contribution in [1.29, 1.82) is 0 Å². The van der Waals surface area contributed by atoms with E-state index in [0.29, 0.717) is 12.5 Å². The van der Waals surface area contributed by atoms with E-state index in [-0.39, 0.29) is 6.10 Å². The van der Waals surface area contributed by atoms with Gasteiger partial charge in [0, 0.05) is 10.0 Å². The molecule has 2 nitrogen and oxygen atoms in total. The molecule has 2 bridgehead atoms. The zero-order chi connectivity index (χ0) is 13.9. The number of benzene rings is 1. The van der Waals surface area contributed by atoms with Gasteiger partial charge in [-0.3, -0.25) is 0 Å². The van der Waals surface area contributed by atoms with Crippen LogP contribution in [0.4, 0.5) is 0 Å². The van der Waals surface area contributed by atoms with Crippen molar-refractivity contribution in [3.05, 3.63) is 28.2 Å². The normalized spacial score (nSPS) is 38.6. The first-order chi connectivity index (χ1) is 9.70. The third kappa shape index (κ3) is 1.86. The fourth-order valence-corrected chi connectivity index (χ4v) is 5.44. The van der Waals surface area contributed by atoms with E-state index in [0.717, 1.165) is 39.5 Å². The minimum atomic E-state index is -0.354. The Morgan fingerprint density at radius 1 is 1.30 bits per heavy atom. The first-order valence-electron chi connectivity index (χ1n) is 7.81. The zero-order valence-corrected chi connectivity index (χ0v) is 13.3. The smallest absolute Gasteiger partial charge is 0.125 e. The van der Waals surface area contributed by atoms with Crippen LogP contribution in [0.5, 0.6) is 5.75 Å². The maximum Gasteiger partial charge on any atom is 0.125 e. The van der Waals surface area contributed by atoms with Gasteiger partial charge < -0.3 is 9.84 Å². The summed E-state index contributed by atoms with van der Waals surface area (Å²) in [6.45, 7) is 2.63. The summed E-state index contributed by atoms with van der Waals surface area (Å²) in [6, 6.07) is 5.99. The maximum atomic E-state index is 10.9. The number of hydrogen-bond acceptors (Lipinski definition) is 2. The molecular formula is C17H21BrO2. The topological polar surface area (TPSA) is 29.5 Å². The van der Waals surface area contributed by atoms with Gasteiger partial charge in [0.15, 0.2) is 0 Å². The van der Waals surface area contributed by atoms with E-state index >= 15 is 0 Å². The van der Waals surface area contributed by atoms with Crippen LogP contribution in [-0.2, 0) is 0 Å². The molecule has 4 rings (SSSR count). The molecule has 1 aromatic rings. The molecule has 3 heteroatoms. The number of rotatable bonds is 4. The molecule has 0 radical (unpaired) electrons. The fourth-order valence-electron chi connectivity index (χ4n) is 5.06. The molecular weight excluding hydrogens is 316 g/mol. The highest BCUT2D eigenvalue weighted by Crippen LogP contribution is 2.72. The van der Waals surface area contributed by atoms with Gasteiger partial charge in [0.25, 0.3) is 0 Å². The molecule has 3 fully saturated rings. The van der Waals surface area contributed by atoms with E-state index < -0.39 is 0 Å². The summed E-state index contributed by atoms with van der Waals surface area (Å²) < 4.78 is 6.72. The lowest BCUT2D eigenvalue weighted by atomic mass is 9.94. The summed E-state index contributed by atoms with van der Waals surface area (Å²) in [6.07, 6.45) is 3.86. The van der Waals surface area contributed by atoms with E-state index in [4.69, 9.17) is 4.74 Å². The van der Waals surface area contributed by atoms with E-state index in [2.05, 4.69) is 15.9 Å². The predicted molar refractivity (Wildman–Crippen MR) is 81.6 cm³/mol. The van der Waals surface area contributed by atoms with Crippen LogP contribution in [0.1, 0.15) is 37.9 Å². The van der Waals surface area contributed by atoms with Crippen molar-refractivity contribution in [3.63, 3.8) is 0 Å². The van der Waals surface area contributed by atoms with Crippen LogP contribution in [0.15, 0.2) is 22.7 Å². The zero-order valence-electron chi connectivity index (χ0n) is 11.8. The molecule has 108 valence electrons. The SMILES string of the molecule is CCOc1ccc(Br)cc1C(O)C1C2C3CCC(C3)C21. The highest BCUT2D eigenvalue weighted by molar-refractivity contribution is 9.10. The summed E-state index contributed by atoms with van der Waals surface area (Å²) in [5, 5.41) is 10.9. The summed E-state index contributed by atoms with van der Waals surface area (Å²) in [5.41, 5.74) is 0.972. The summed E-state index contributed by atoms with van der Waals surface area (Å²) in [5.74, 6) is 4.70. The number of hydrogen-bond donors (Lipinski definition) is 1. The van der Waals surface area contributed by atoms with Gasteiger partial charge >= 0.3 is 0 Å². The van der Waals surface area contributed by atoms with Crippen molar-refractivity contribution < 1.29 is 9.84 Å². The minimum Gasteiger partial charge on any atom is -0.493 e. The lowest BCUT2D eigenvalue weighted by Gasteiger charge is -2.19. The van der Waals surface area contributed by atoms with Crippen LogP contribution in [0.2, 0.25) is 0 Å². The third-order valence-electron chi connectivity index (χ3n) is 5.75. The van der Waals surface area contributed by atoms with Crippen molar-refractivity contribution >= 4 is 15.9 Å². The maximum absolute atomic E-state index is 10.9. The summed E-state index contributed by atoms with van der Waals surface area (Å²) in [7, 11) is 0. The Labute approximate surface area is 128 Å². The number of aliphatic hydroxyl groups is 1. The van der Waals surface area contributed by atoms with Gasteiger partial charge in [-0.25, -0.2) is 0 Å². The van der Waals surface area contributed by atoms with Gasteiger partial charge in [-0.2, -0.15) is 0 Å². The lowest BCUT2D eigenvalue weighted by Crippen LogP contribution is -2.10. The average molecular weight is 337 g/mol. The molecule has 5 unspecified atom stereocenters. The van der Waals surface area contributed by atoms with Crippen molar-refractivity contribution in [3.8, 4) is 5.75 Å². The Bertz CT molecular complexity index is 514. The largest absolute Gasteiger partial charge is 0.493 e. The first kappa shape index (κ1) is 13.1. The van der Waals surface area contributed by atoms with Gasteiger partial charge in [-0.05, 0) is 74.0 Å². The second kappa shape index (κ2) is 4.74. The predicted octanol–water partition coefficient (Wildman–Crippen LogP) is 4.17. The van der Waals surface area contributed by atoms with E-state index in [1.54, 1.807) is 0 Å². The van der Waals surface area contributed by atoms with Gasteiger partial charge in [0.1, 0.15) is 5.75 Å². The fraction of sp³-hybridized carbons (Fsp3) is 0.647. The molecule has 0 heterocycles. The van der Waals surface area contributed by atoms with Crippen molar-refractivity contribution in [2.45, 2.75) is 32.3 Å². The van der Waals surface area contributed by atoms with Crippen LogP contribution in [-0.4, -0.2) is 11.7 Å². The molecule has 0 saturated heterocycles. The Morgan fingerprint density at radius 2 is 2.00 bits per heavy atom. The highest BCUT2D eigenvalue weighted by atomic mass is 79.9. The average Bonchev–Trinajstić information content (AvgIpc) is 2.88. The van der Waals surface area contributed by atoms with Crippen LogP contribution in [0, 0.1) is 29.6 Å². The lowest BCUT2D eigenvalue weighted by molar-refractivity contribution is 0.125. The standard InChI is InChI=1S/C17H21BrO2/c1-2-20-13-6-5-11(18)8-12(13)17(19)16-14-9-3-4-10(7-9)15(14)16/h5-6,8-10,14-17,19H,2-4,7H2,1H3. The third-order valence-corrected chi connectivity index (χ3v) is 6.24. The van der Waals surface area contributed by atoms with Crippen LogP contribution in [0.3, 0.4) is 0 Å². The van der Waals surface area contributed by atoms with E-state index in [1.165, 1.54) is 19.3 Å². The number of fused-ring (bicyclic) bond motifs is 5.